The van der Waals surface area contributed by atoms with Gasteiger partial charge in [-0.1, -0.05) is 37.3 Å². The SMILES string of the molecule is CCC(C(=O)Nc1nc(-c2ccc[nH]2)cs1)c1ccccc1. The molecule has 0 aliphatic rings. The lowest BCUT2D eigenvalue weighted by Crippen LogP contribution is -2.20. The molecular weight excluding hydrogens is 294 g/mol. The number of hydrogen-bond acceptors (Lipinski definition) is 3. The molecule has 0 aliphatic carbocycles. The first kappa shape index (κ1) is 14.5. The van der Waals surface area contributed by atoms with E-state index in [0.29, 0.717) is 5.13 Å². The van der Waals surface area contributed by atoms with Gasteiger partial charge in [0.05, 0.1) is 17.3 Å². The van der Waals surface area contributed by atoms with Crippen molar-refractivity contribution >= 4 is 22.4 Å². The van der Waals surface area contributed by atoms with Gasteiger partial charge in [-0.05, 0) is 24.1 Å². The summed E-state index contributed by atoms with van der Waals surface area (Å²) in [6.07, 6.45) is 2.61. The van der Waals surface area contributed by atoms with E-state index in [2.05, 4.69) is 15.3 Å². The van der Waals surface area contributed by atoms with E-state index in [-0.39, 0.29) is 11.8 Å². The van der Waals surface area contributed by atoms with Crippen LogP contribution in [0.5, 0.6) is 0 Å². The quantitative estimate of drug-likeness (QED) is 0.739. The molecule has 0 radical (unpaired) electrons. The van der Waals surface area contributed by atoms with Gasteiger partial charge in [-0.25, -0.2) is 4.98 Å². The van der Waals surface area contributed by atoms with Crippen LogP contribution in [0, 0.1) is 0 Å². The summed E-state index contributed by atoms with van der Waals surface area (Å²) in [5.74, 6) is -0.167. The number of benzene rings is 1. The zero-order valence-corrected chi connectivity index (χ0v) is 13.1. The predicted molar refractivity (Wildman–Crippen MR) is 90.0 cm³/mol. The Labute approximate surface area is 133 Å². The predicted octanol–water partition coefficient (Wildman–Crippen LogP) is 4.27. The molecule has 4 nitrogen and oxygen atoms in total. The Kier molecular flexibility index (Phi) is 4.34. The Morgan fingerprint density at radius 3 is 2.77 bits per heavy atom. The maximum atomic E-state index is 12.5. The van der Waals surface area contributed by atoms with Crippen molar-refractivity contribution in [2.45, 2.75) is 19.3 Å². The van der Waals surface area contributed by atoms with Crippen molar-refractivity contribution in [3.63, 3.8) is 0 Å². The van der Waals surface area contributed by atoms with Gasteiger partial charge in [0.15, 0.2) is 5.13 Å². The van der Waals surface area contributed by atoms with Crippen LogP contribution in [-0.4, -0.2) is 15.9 Å². The highest BCUT2D eigenvalue weighted by Gasteiger charge is 2.19. The normalized spacial score (nSPS) is 12.0. The number of rotatable bonds is 5. The van der Waals surface area contributed by atoms with E-state index in [4.69, 9.17) is 0 Å². The summed E-state index contributed by atoms with van der Waals surface area (Å²) < 4.78 is 0. The monoisotopic (exact) mass is 311 g/mol. The van der Waals surface area contributed by atoms with E-state index < -0.39 is 0 Å². The average Bonchev–Trinajstić information content (AvgIpc) is 3.20. The van der Waals surface area contributed by atoms with Crippen LogP contribution in [0.3, 0.4) is 0 Å². The lowest BCUT2D eigenvalue weighted by atomic mass is 9.96. The molecule has 3 rings (SSSR count). The van der Waals surface area contributed by atoms with Gasteiger partial charge in [0.25, 0.3) is 0 Å². The summed E-state index contributed by atoms with van der Waals surface area (Å²) >= 11 is 1.44. The fourth-order valence-electron chi connectivity index (χ4n) is 2.39. The molecule has 1 unspecified atom stereocenters. The molecule has 2 N–H and O–H groups in total. The first-order chi connectivity index (χ1) is 10.8. The number of aromatic amines is 1. The van der Waals surface area contributed by atoms with Gasteiger partial charge in [0.1, 0.15) is 0 Å². The van der Waals surface area contributed by atoms with Gasteiger partial charge in [0, 0.05) is 11.6 Å². The molecule has 2 heterocycles. The summed E-state index contributed by atoms with van der Waals surface area (Å²) in [7, 11) is 0. The minimum Gasteiger partial charge on any atom is -0.360 e. The Hall–Kier alpha value is -2.40. The number of carbonyl (C=O) groups is 1. The third-order valence-corrected chi connectivity index (χ3v) is 4.29. The number of hydrogen-bond donors (Lipinski definition) is 2. The summed E-state index contributed by atoms with van der Waals surface area (Å²) in [4.78, 5) is 20.1. The van der Waals surface area contributed by atoms with E-state index in [1.54, 1.807) is 0 Å². The van der Waals surface area contributed by atoms with Crippen LogP contribution in [0.1, 0.15) is 24.8 Å². The summed E-state index contributed by atoms with van der Waals surface area (Å²) in [5, 5.41) is 5.49. The van der Waals surface area contributed by atoms with Crippen LogP contribution in [0.2, 0.25) is 0 Å². The van der Waals surface area contributed by atoms with E-state index >= 15 is 0 Å². The Bertz CT molecular complexity index is 734. The maximum Gasteiger partial charge on any atom is 0.233 e. The number of anilines is 1. The smallest absolute Gasteiger partial charge is 0.233 e. The number of carbonyl (C=O) groups excluding carboxylic acids is 1. The minimum absolute atomic E-state index is 0.0129. The number of nitrogens with zero attached hydrogens (tertiary/aromatic N) is 1. The van der Waals surface area contributed by atoms with Crippen LogP contribution in [0.15, 0.2) is 54.0 Å². The molecule has 1 atom stereocenters. The molecule has 2 aromatic heterocycles. The van der Waals surface area contributed by atoms with Crippen molar-refractivity contribution in [2.75, 3.05) is 5.32 Å². The highest BCUT2D eigenvalue weighted by molar-refractivity contribution is 7.14. The molecule has 0 spiro atoms. The lowest BCUT2D eigenvalue weighted by Gasteiger charge is -2.14. The van der Waals surface area contributed by atoms with Crippen molar-refractivity contribution in [1.29, 1.82) is 0 Å². The first-order valence-corrected chi connectivity index (χ1v) is 8.11. The van der Waals surface area contributed by atoms with E-state index in [1.807, 2.05) is 61.0 Å². The van der Waals surface area contributed by atoms with Gasteiger partial charge in [-0.2, -0.15) is 0 Å². The van der Waals surface area contributed by atoms with Crippen LogP contribution < -0.4 is 5.32 Å². The van der Waals surface area contributed by atoms with Crippen LogP contribution in [0.4, 0.5) is 5.13 Å². The molecule has 0 saturated carbocycles. The second kappa shape index (κ2) is 6.58. The molecule has 3 aromatic rings. The number of aromatic nitrogens is 2. The fraction of sp³-hybridized carbons (Fsp3) is 0.176. The molecule has 5 heteroatoms. The Morgan fingerprint density at radius 2 is 2.09 bits per heavy atom. The topological polar surface area (TPSA) is 57.8 Å². The molecule has 0 fully saturated rings. The van der Waals surface area contributed by atoms with E-state index in [0.717, 1.165) is 23.4 Å². The second-order valence-electron chi connectivity index (χ2n) is 4.98. The lowest BCUT2D eigenvalue weighted by molar-refractivity contribution is -0.117. The molecule has 1 amide bonds. The molecule has 0 aliphatic heterocycles. The van der Waals surface area contributed by atoms with Gasteiger partial charge in [-0.3, -0.25) is 4.79 Å². The Morgan fingerprint density at radius 1 is 1.27 bits per heavy atom. The van der Waals surface area contributed by atoms with Crippen LogP contribution in [-0.2, 0) is 4.79 Å². The molecule has 112 valence electrons. The van der Waals surface area contributed by atoms with Gasteiger partial charge in [0.2, 0.25) is 5.91 Å². The van der Waals surface area contributed by atoms with Gasteiger partial charge in [-0.15, -0.1) is 11.3 Å². The summed E-state index contributed by atoms with van der Waals surface area (Å²) in [6, 6.07) is 13.7. The van der Waals surface area contributed by atoms with Crippen LogP contribution in [0.25, 0.3) is 11.4 Å². The number of H-pyrrole nitrogens is 1. The highest BCUT2D eigenvalue weighted by atomic mass is 32.1. The zero-order chi connectivity index (χ0) is 15.4. The molecule has 0 bridgehead atoms. The van der Waals surface area contributed by atoms with Crippen molar-refractivity contribution in [3.05, 3.63) is 59.6 Å². The zero-order valence-electron chi connectivity index (χ0n) is 12.2. The van der Waals surface area contributed by atoms with Crippen molar-refractivity contribution in [1.82, 2.24) is 9.97 Å². The number of nitrogens with one attached hydrogen (secondary N) is 2. The van der Waals surface area contributed by atoms with Crippen molar-refractivity contribution in [3.8, 4) is 11.4 Å². The molecule has 0 saturated heterocycles. The molecule has 1 aromatic carbocycles. The molecular formula is C17H17N3OS. The fourth-order valence-corrected chi connectivity index (χ4v) is 3.11. The summed E-state index contributed by atoms with van der Waals surface area (Å²) in [6.45, 7) is 2.02. The largest absolute Gasteiger partial charge is 0.360 e. The van der Waals surface area contributed by atoms with Gasteiger partial charge >= 0.3 is 0 Å². The second-order valence-corrected chi connectivity index (χ2v) is 5.84. The van der Waals surface area contributed by atoms with Crippen molar-refractivity contribution in [2.24, 2.45) is 0 Å². The maximum absolute atomic E-state index is 12.5. The third kappa shape index (κ3) is 3.09. The van der Waals surface area contributed by atoms with E-state index in [1.165, 1.54) is 11.3 Å². The highest BCUT2D eigenvalue weighted by Crippen LogP contribution is 2.26. The van der Waals surface area contributed by atoms with Gasteiger partial charge < -0.3 is 10.3 Å². The standard InChI is InChI=1S/C17H17N3OS/c1-2-13(12-7-4-3-5-8-12)16(21)20-17-19-15(11-22-17)14-9-6-10-18-14/h3-11,13,18H,2H2,1H3,(H,19,20,21). The molecule has 22 heavy (non-hydrogen) atoms. The van der Waals surface area contributed by atoms with Crippen molar-refractivity contribution < 1.29 is 4.79 Å². The number of amides is 1. The first-order valence-electron chi connectivity index (χ1n) is 7.23. The Balaban J connectivity index is 1.73. The number of thiazole rings is 1. The minimum atomic E-state index is -0.154. The van der Waals surface area contributed by atoms with E-state index in [9.17, 15) is 4.79 Å². The van der Waals surface area contributed by atoms with Crippen LogP contribution >= 0.6 is 11.3 Å². The average molecular weight is 311 g/mol. The third-order valence-electron chi connectivity index (χ3n) is 3.53. The summed E-state index contributed by atoms with van der Waals surface area (Å²) in [5.41, 5.74) is 2.83.